The molecule has 1 saturated heterocycles. The first-order chi connectivity index (χ1) is 16.0. The van der Waals surface area contributed by atoms with Gasteiger partial charge in [-0.15, -0.1) is 0 Å². The molecule has 176 valence electrons. The van der Waals surface area contributed by atoms with Crippen LogP contribution in [0.1, 0.15) is 30.5 Å². The number of carbonyl (C=O) groups is 2. The molecule has 1 heterocycles. The summed E-state index contributed by atoms with van der Waals surface area (Å²) in [5, 5.41) is 11.3. The van der Waals surface area contributed by atoms with Crippen molar-refractivity contribution in [3.63, 3.8) is 0 Å². The van der Waals surface area contributed by atoms with E-state index in [0.717, 1.165) is 6.42 Å². The number of rotatable bonds is 10. The van der Waals surface area contributed by atoms with Crippen molar-refractivity contribution in [3.8, 4) is 17.2 Å². The van der Waals surface area contributed by atoms with Crippen molar-refractivity contribution in [2.24, 2.45) is 0 Å². The van der Waals surface area contributed by atoms with Gasteiger partial charge in [0.15, 0.2) is 0 Å². The fourth-order valence-corrected chi connectivity index (χ4v) is 3.78. The predicted octanol–water partition coefficient (Wildman–Crippen LogP) is 3.56. The molecule has 0 aliphatic carbocycles. The van der Waals surface area contributed by atoms with Crippen molar-refractivity contribution < 1.29 is 33.6 Å². The number of aliphatic hydroxyl groups is 1. The molecule has 3 rings (SSSR count). The van der Waals surface area contributed by atoms with Gasteiger partial charge in [-0.2, -0.15) is 0 Å². The van der Waals surface area contributed by atoms with Crippen LogP contribution in [0.25, 0.3) is 5.76 Å². The van der Waals surface area contributed by atoms with Gasteiger partial charge in [0.2, 0.25) is 0 Å². The summed E-state index contributed by atoms with van der Waals surface area (Å²) in [4.78, 5) is 27.5. The third-order valence-corrected chi connectivity index (χ3v) is 5.39. The Kier molecular flexibility index (Phi) is 7.95. The van der Waals surface area contributed by atoms with Gasteiger partial charge in [-0.05, 0) is 36.2 Å². The number of likely N-dealkylation sites (tertiary alicyclic amines) is 1. The Bertz CT molecular complexity index is 1050. The summed E-state index contributed by atoms with van der Waals surface area (Å²) in [5.74, 6) is -0.335. The molecule has 0 spiro atoms. The Balaban J connectivity index is 2.17. The minimum Gasteiger partial charge on any atom is -0.507 e. The summed E-state index contributed by atoms with van der Waals surface area (Å²) in [5.41, 5.74) is 0.909. The molecule has 1 fully saturated rings. The SMILES string of the molecule is CCCOc1cccc(C2/C(=C(/O)c3ccc(OC)cc3OC)C(=O)C(=O)N2CCOC)c1. The first-order valence-electron chi connectivity index (χ1n) is 10.7. The fraction of sp³-hybridized carbons (Fsp3) is 0.360. The minimum atomic E-state index is -0.808. The third-order valence-electron chi connectivity index (χ3n) is 5.39. The molecule has 1 atom stereocenters. The number of aliphatic hydroxyl groups excluding tert-OH is 1. The van der Waals surface area contributed by atoms with Gasteiger partial charge in [0.1, 0.15) is 23.0 Å². The van der Waals surface area contributed by atoms with Crippen LogP contribution in [0.5, 0.6) is 17.2 Å². The fourth-order valence-electron chi connectivity index (χ4n) is 3.78. The highest BCUT2D eigenvalue weighted by Gasteiger charge is 2.46. The van der Waals surface area contributed by atoms with Gasteiger partial charge in [0, 0.05) is 19.7 Å². The summed E-state index contributed by atoms with van der Waals surface area (Å²) in [7, 11) is 4.49. The summed E-state index contributed by atoms with van der Waals surface area (Å²) in [6, 6.07) is 11.2. The summed E-state index contributed by atoms with van der Waals surface area (Å²) in [6.07, 6.45) is 0.841. The van der Waals surface area contributed by atoms with Crippen molar-refractivity contribution >= 4 is 17.4 Å². The van der Waals surface area contributed by atoms with Gasteiger partial charge in [-0.3, -0.25) is 9.59 Å². The molecule has 2 aromatic rings. The molecule has 1 amide bonds. The summed E-state index contributed by atoms with van der Waals surface area (Å²) in [6.45, 7) is 2.96. The van der Waals surface area contributed by atoms with Crippen molar-refractivity contribution in [2.45, 2.75) is 19.4 Å². The smallest absolute Gasteiger partial charge is 0.295 e. The first-order valence-corrected chi connectivity index (χ1v) is 10.7. The number of nitrogens with zero attached hydrogens (tertiary/aromatic N) is 1. The van der Waals surface area contributed by atoms with Crippen LogP contribution in [0.15, 0.2) is 48.0 Å². The molecular weight excluding hydrogens is 426 g/mol. The highest BCUT2D eigenvalue weighted by atomic mass is 16.5. The highest BCUT2D eigenvalue weighted by molar-refractivity contribution is 6.46. The number of Topliss-reactive ketones (excluding diaryl/α,β-unsaturated/α-hetero) is 1. The Morgan fingerprint density at radius 3 is 2.45 bits per heavy atom. The van der Waals surface area contributed by atoms with Crippen LogP contribution < -0.4 is 14.2 Å². The summed E-state index contributed by atoms with van der Waals surface area (Å²) >= 11 is 0. The standard InChI is InChI=1S/C25H29NO7/c1-5-12-33-18-8-6-7-16(14-18)22-21(24(28)25(29)26(22)11-13-30-2)23(27)19-10-9-17(31-3)15-20(19)32-4/h6-10,14-15,22,27H,5,11-13H2,1-4H3/b23-21-. The molecule has 1 aliphatic rings. The van der Waals surface area contributed by atoms with Crippen LogP contribution in [-0.2, 0) is 14.3 Å². The Labute approximate surface area is 193 Å². The number of hydrogen-bond donors (Lipinski definition) is 1. The average molecular weight is 456 g/mol. The zero-order valence-electron chi connectivity index (χ0n) is 19.3. The van der Waals surface area contributed by atoms with E-state index in [2.05, 4.69) is 0 Å². The molecule has 0 aromatic heterocycles. The molecule has 2 aromatic carbocycles. The normalized spacial score (nSPS) is 17.3. The molecule has 1 aliphatic heterocycles. The number of ketones is 1. The van der Waals surface area contributed by atoms with Crippen LogP contribution in [0, 0.1) is 0 Å². The lowest BCUT2D eigenvalue weighted by molar-refractivity contribution is -0.140. The van der Waals surface area contributed by atoms with Gasteiger partial charge < -0.3 is 29.0 Å². The lowest BCUT2D eigenvalue weighted by Gasteiger charge is -2.25. The molecule has 8 nitrogen and oxygen atoms in total. The molecule has 1 N–H and O–H groups in total. The Morgan fingerprint density at radius 1 is 1.00 bits per heavy atom. The number of hydrogen-bond acceptors (Lipinski definition) is 7. The second-order valence-electron chi connectivity index (χ2n) is 7.47. The second kappa shape index (κ2) is 10.9. The topological polar surface area (TPSA) is 94.5 Å². The van der Waals surface area contributed by atoms with E-state index in [1.54, 1.807) is 36.4 Å². The maximum atomic E-state index is 13.1. The molecule has 0 bridgehead atoms. The van der Waals surface area contributed by atoms with Crippen LogP contribution in [0.2, 0.25) is 0 Å². The maximum absolute atomic E-state index is 13.1. The molecular formula is C25H29NO7. The second-order valence-corrected chi connectivity index (χ2v) is 7.47. The van der Waals surface area contributed by atoms with Crippen LogP contribution in [0.3, 0.4) is 0 Å². The van der Waals surface area contributed by atoms with Crippen LogP contribution in [0.4, 0.5) is 0 Å². The van der Waals surface area contributed by atoms with Gasteiger partial charge in [-0.1, -0.05) is 19.1 Å². The van der Waals surface area contributed by atoms with E-state index in [9.17, 15) is 14.7 Å². The molecule has 8 heteroatoms. The summed E-state index contributed by atoms with van der Waals surface area (Å²) < 4.78 is 21.5. The van der Waals surface area contributed by atoms with Crippen molar-refractivity contribution in [2.75, 3.05) is 41.1 Å². The maximum Gasteiger partial charge on any atom is 0.295 e. The van der Waals surface area contributed by atoms with E-state index in [1.807, 2.05) is 13.0 Å². The van der Waals surface area contributed by atoms with E-state index >= 15 is 0 Å². The van der Waals surface area contributed by atoms with E-state index in [4.69, 9.17) is 18.9 Å². The number of amides is 1. The average Bonchev–Trinajstić information content (AvgIpc) is 3.10. The Morgan fingerprint density at radius 2 is 1.79 bits per heavy atom. The van der Waals surface area contributed by atoms with Gasteiger partial charge >= 0.3 is 0 Å². The zero-order valence-corrected chi connectivity index (χ0v) is 19.3. The first kappa shape index (κ1) is 24.1. The monoisotopic (exact) mass is 455 g/mol. The zero-order chi connectivity index (χ0) is 24.0. The van der Waals surface area contributed by atoms with E-state index < -0.39 is 17.7 Å². The molecule has 0 radical (unpaired) electrons. The van der Waals surface area contributed by atoms with Gasteiger partial charge in [-0.25, -0.2) is 0 Å². The molecule has 0 saturated carbocycles. The van der Waals surface area contributed by atoms with Gasteiger partial charge in [0.05, 0.1) is 44.6 Å². The van der Waals surface area contributed by atoms with Crippen molar-refractivity contribution in [1.29, 1.82) is 0 Å². The number of ether oxygens (including phenoxy) is 4. The number of methoxy groups -OCH3 is 3. The number of carbonyl (C=O) groups excluding carboxylic acids is 2. The van der Waals surface area contributed by atoms with E-state index in [0.29, 0.717) is 29.4 Å². The Hall–Kier alpha value is -3.52. The molecule has 1 unspecified atom stereocenters. The van der Waals surface area contributed by atoms with Crippen LogP contribution in [-0.4, -0.2) is 62.8 Å². The van der Waals surface area contributed by atoms with Crippen molar-refractivity contribution in [3.05, 3.63) is 59.2 Å². The van der Waals surface area contributed by atoms with E-state index in [-0.39, 0.29) is 30.0 Å². The quantitative estimate of drug-likeness (QED) is 0.333. The van der Waals surface area contributed by atoms with E-state index in [1.165, 1.54) is 26.2 Å². The lowest BCUT2D eigenvalue weighted by atomic mass is 9.94. The van der Waals surface area contributed by atoms with Gasteiger partial charge in [0.25, 0.3) is 11.7 Å². The largest absolute Gasteiger partial charge is 0.507 e. The number of benzene rings is 2. The van der Waals surface area contributed by atoms with Crippen LogP contribution >= 0.6 is 0 Å². The minimum absolute atomic E-state index is 0.0211. The van der Waals surface area contributed by atoms with Crippen molar-refractivity contribution in [1.82, 2.24) is 4.90 Å². The third kappa shape index (κ3) is 4.96. The highest BCUT2D eigenvalue weighted by Crippen LogP contribution is 2.42. The predicted molar refractivity (Wildman–Crippen MR) is 123 cm³/mol. The molecule has 33 heavy (non-hydrogen) atoms. The lowest BCUT2D eigenvalue weighted by Crippen LogP contribution is -2.32.